The number of carboxylic acids is 1. The zero-order chi connectivity index (χ0) is 19.4. The van der Waals surface area contributed by atoms with Gasteiger partial charge in [0.2, 0.25) is 15.9 Å². The Balaban J connectivity index is 1.59. The first-order valence-corrected chi connectivity index (χ1v) is 10.9. The molecule has 8 heteroatoms. The van der Waals surface area contributed by atoms with Crippen LogP contribution in [0.5, 0.6) is 0 Å². The first-order valence-electron chi connectivity index (χ1n) is 9.47. The SMILES string of the molecule is O=C(Cc1ccc(S(=O)(=O)N2CCCCC2)cc1)NC(CC1CC1)C(=O)O. The van der Waals surface area contributed by atoms with Gasteiger partial charge in [-0.15, -0.1) is 0 Å². The third kappa shape index (κ3) is 5.29. The fourth-order valence-electron chi connectivity index (χ4n) is 3.37. The van der Waals surface area contributed by atoms with E-state index >= 15 is 0 Å². The van der Waals surface area contributed by atoms with E-state index in [0.29, 0.717) is 31.0 Å². The molecule has 0 spiro atoms. The molecule has 1 heterocycles. The Hall–Kier alpha value is -1.93. The van der Waals surface area contributed by atoms with Gasteiger partial charge in [-0.1, -0.05) is 31.4 Å². The molecule has 2 N–H and O–H groups in total. The minimum Gasteiger partial charge on any atom is -0.480 e. The van der Waals surface area contributed by atoms with Crippen molar-refractivity contribution in [2.24, 2.45) is 5.92 Å². The van der Waals surface area contributed by atoms with Gasteiger partial charge < -0.3 is 10.4 Å². The number of carbonyl (C=O) groups excluding carboxylic acids is 1. The normalized spacial score (nSPS) is 19.4. The summed E-state index contributed by atoms with van der Waals surface area (Å²) in [6.07, 6.45) is 5.34. The molecule has 0 radical (unpaired) electrons. The van der Waals surface area contributed by atoms with Crippen LogP contribution in [0.3, 0.4) is 0 Å². The summed E-state index contributed by atoms with van der Waals surface area (Å²) in [5.74, 6) is -0.987. The second kappa shape index (κ2) is 8.39. The van der Waals surface area contributed by atoms with Gasteiger partial charge in [-0.05, 0) is 42.9 Å². The number of hydrogen-bond acceptors (Lipinski definition) is 4. The second-order valence-electron chi connectivity index (χ2n) is 7.42. The second-order valence-corrected chi connectivity index (χ2v) is 9.36. The summed E-state index contributed by atoms with van der Waals surface area (Å²) >= 11 is 0. The van der Waals surface area contributed by atoms with Crippen molar-refractivity contribution >= 4 is 21.9 Å². The van der Waals surface area contributed by atoms with E-state index in [-0.39, 0.29) is 17.2 Å². The molecule has 0 aromatic heterocycles. The van der Waals surface area contributed by atoms with Gasteiger partial charge in [0.25, 0.3) is 0 Å². The van der Waals surface area contributed by atoms with Crippen molar-refractivity contribution < 1.29 is 23.1 Å². The van der Waals surface area contributed by atoms with Crippen LogP contribution in [0.4, 0.5) is 0 Å². The van der Waals surface area contributed by atoms with Crippen LogP contribution in [-0.4, -0.2) is 48.8 Å². The van der Waals surface area contributed by atoms with E-state index in [0.717, 1.165) is 32.1 Å². The average Bonchev–Trinajstić information content (AvgIpc) is 3.46. The Labute approximate surface area is 159 Å². The first kappa shape index (κ1) is 19.8. The van der Waals surface area contributed by atoms with Gasteiger partial charge in [0.15, 0.2) is 0 Å². The van der Waals surface area contributed by atoms with E-state index in [4.69, 9.17) is 0 Å². The van der Waals surface area contributed by atoms with Gasteiger partial charge in [-0.2, -0.15) is 4.31 Å². The lowest BCUT2D eigenvalue weighted by Crippen LogP contribution is -2.41. The Morgan fingerprint density at radius 3 is 2.30 bits per heavy atom. The van der Waals surface area contributed by atoms with Crippen molar-refractivity contribution in [1.82, 2.24) is 9.62 Å². The van der Waals surface area contributed by atoms with Crippen LogP contribution in [0.15, 0.2) is 29.2 Å². The van der Waals surface area contributed by atoms with E-state index in [9.17, 15) is 23.1 Å². The molecule has 1 atom stereocenters. The van der Waals surface area contributed by atoms with Crippen LogP contribution in [0.2, 0.25) is 0 Å². The number of aliphatic carboxylic acids is 1. The van der Waals surface area contributed by atoms with Gasteiger partial charge in [0.05, 0.1) is 11.3 Å². The van der Waals surface area contributed by atoms with Crippen LogP contribution in [0.1, 0.15) is 44.1 Å². The quantitative estimate of drug-likeness (QED) is 0.699. The maximum atomic E-state index is 12.6. The number of nitrogens with one attached hydrogen (secondary N) is 1. The molecule has 1 saturated heterocycles. The minimum absolute atomic E-state index is 0.0263. The number of benzene rings is 1. The summed E-state index contributed by atoms with van der Waals surface area (Å²) in [5.41, 5.74) is 0.653. The molecule has 1 aliphatic carbocycles. The molecule has 1 aromatic rings. The number of carbonyl (C=O) groups is 2. The fraction of sp³-hybridized carbons (Fsp3) is 0.579. The molecule has 148 valence electrons. The average molecular weight is 394 g/mol. The van der Waals surface area contributed by atoms with E-state index in [1.807, 2.05) is 0 Å². The van der Waals surface area contributed by atoms with Crippen LogP contribution in [-0.2, 0) is 26.0 Å². The Bertz CT molecular complexity index is 781. The van der Waals surface area contributed by atoms with Gasteiger partial charge in [-0.3, -0.25) is 4.79 Å². The standard InChI is InChI=1S/C19H26N2O5S/c22-18(20-17(19(23)24)12-14-4-5-14)13-15-6-8-16(9-7-15)27(25,26)21-10-2-1-3-11-21/h6-9,14,17H,1-5,10-13H2,(H,20,22)(H,23,24). The maximum Gasteiger partial charge on any atom is 0.326 e. The van der Waals surface area contributed by atoms with E-state index in [1.165, 1.54) is 16.4 Å². The van der Waals surface area contributed by atoms with Crippen LogP contribution in [0.25, 0.3) is 0 Å². The largest absolute Gasteiger partial charge is 0.480 e. The number of piperidine rings is 1. The summed E-state index contributed by atoms with van der Waals surface area (Å²) in [6.45, 7) is 1.09. The molecule has 2 aliphatic rings. The summed E-state index contributed by atoms with van der Waals surface area (Å²) in [4.78, 5) is 23.7. The summed E-state index contributed by atoms with van der Waals surface area (Å²) in [5, 5.41) is 11.8. The monoisotopic (exact) mass is 394 g/mol. The highest BCUT2D eigenvalue weighted by Gasteiger charge is 2.30. The third-order valence-corrected chi connectivity index (χ3v) is 7.05. The summed E-state index contributed by atoms with van der Waals surface area (Å²) < 4.78 is 26.8. The summed E-state index contributed by atoms with van der Waals surface area (Å²) in [6, 6.07) is 5.42. The number of hydrogen-bond donors (Lipinski definition) is 2. The molecule has 1 aromatic carbocycles. The number of nitrogens with zero attached hydrogens (tertiary/aromatic N) is 1. The van der Waals surface area contributed by atoms with Crippen LogP contribution in [0, 0.1) is 5.92 Å². The molecular weight excluding hydrogens is 368 g/mol. The maximum absolute atomic E-state index is 12.6. The van der Waals surface area contributed by atoms with E-state index in [2.05, 4.69) is 5.32 Å². The Morgan fingerprint density at radius 1 is 1.11 bits per heavy atom. The Kier molecular flexibility index (Phi) is 6.16. The fourth-order valence-corrected chi connectivity index (χ4v) is 4.89. The minimum atomic E-state index is -3.49. The zero-order valence-electron chi connectivity index (χ0n) is 15.3. The molecule has 27 heavy (non-hydrogen) atoms. The highest BCUT2D eigenvalue weighted by Crippen LogP contribution is 2.33. The summed E-state index contributed by atoms with van der Waals surface area (Å²) in [7, 11) is -3.49. The topological polar surface area (TPSA) is 104 Å². The van der Waals surface area contributed by atoms with Gasteiger partial charge in [0, 0.05) is 13.1 Å². The first-order chi connectivity index (χ1) is 12.9. The number of sulfonamides is 1. The highest BCUT2D eigenvalue weighted by atomic mass is 32.2. The molecule has 3 rings (SSSR count). The van der Waals surface area contributed by atoms with Crippen LogP contribution < -0.4 is 5.32 Å². The molecule has 1 amide bonds. The number of carboxylic acid groups (broad SMARTS) is 1. The zero-order valence-corrected chi connectivity index (χ0v) is 16.1. The number of amides is 1. The molecule has 1 saturated carbocycles. The van der Waals surface area contributed by atoms with Gasteiger partial charge >= 0.3 is 5.97 Å². The lowest BCUT2D eigenvalue weighted by Gasteiger charge is -2.25. The smallest absolute Gasteiger partial charge is 0.326 e. The van der Waals surface area contributed by atoms with Crippen LogP contribution >= 0.6 is 0 Å². The van der Waals surface area contributed by atoms with E-state index < -0.39 is 22.0 Å². The molecule has 1 unspecified atom stereocenters. The molecule has 2 fully saturated rings. The van der Waals surface area contributed by atoms with Crippen molar-refractivity contribution in [2.75, 3.05) is 13.1 Å². The Morgan fingerprint density at radius 2 is 1.74 bits per heavy atom. The van der Waals surface area contributed by atoms with Gasteiger partial charge in [0.1, 0.15) is 6.04 Å². The predicted molar refractivity (Wildman–Crippen MR) is 99.7 cm³/mol. The highest BCUT2D eigenvalue weighted by molar-refractivity contribution is 7.89. The number of rotatable bonds is 8. The van der Waals surface area contributed by atoms with Crippen molar-refractivity contribution in [1.29, 1.82) is 0 Å². The lowest BCUT2D eigenvalue weighted by atomic mass is 10.1. The third-order valence-electron chi connectivity index (χ3n) is 5.14. The van der Waals surface area contributed by atoms with Crippen molar-refractivity contribution in [3.8, 4) is 0 Å². The lowest BCUT2D eigenvalue weighted by molar-refractivity contribution is -0.142. The van der Waals surface area contributed by atoms with Crippen molar-refractivity contribution in [3.63, 3.8) is 0 Å². The molecule has 0 bridgehead atoms. The predicted octanol–water partition coefficient (Wildman–Crippen LogP) is 1.77. The van der Waals surface area contributed by atoms with E-state index in [1.54, 1.807) is 12.1 Å². The van der Waals surface area contributed by atoms with Gasteiger partial charge in [-0.25, -0.2) is 13.2 Å². The van der Waals surface area contributed by atoms with Crippen molar-refractivity contribution in [2.45, 2.75) is 55.9 Å². The van der Waals surface area contributed by atoms with Crippen molar-refractivity contribution in [3.05, 3.63) is 29.8 Å². The molecular formula is C19H26N2O5S. The molecule has 7 nitrogen and oxygen atoms in total. The molecule has 1 aliphatic heterocycles.